The minimum atomic E-state index is -0.141. The highest BCUT2D eigenvalue weighted by molar-refractivity contribution is 7.17. The molecule has 2 N–H and O–H groups in total. The lowest BCUT2D eigenvalue weighted by Gasteiger charge is -2.08. The van der Waals surface area contributed by atoms with Gasteiger partial charge < -0.3 is 10.3 Å². The van der Waals surface area contributed by atoms with E-state index in [1.54, 1.807) is 12.3 Å². The highest BCUT2D eigenvalue weighted by Gasteiger charge is 2.05. The second-order valence-corrected chi connectivity index (χ2v) is 5.29. The highest BCUT2D eigenvalue weighted by atomic mass is 32.1. The van der Waals surface area contributed by atoms with Crippen molar-refractivity contribution in [3.63, 3.8) is 0 Å². The third-order valence-corrected chi connectivity index (χ3v) is 3.92. The number of pyridine rings is 1. The molecule has 0 saturated heterocycles. The van der Waals surface area contributed by atoms with Crippen molar-refractivity contribution in [3.8, 4) is 0 Å². The third kappa shape index (κ3) is 2.23. The van der Waals surface area contributed by atoms with Crippen molar-refractivity contribution in [2.75, 3.05) is 5.73 Å². The van der Waals surface area contributed by atoms with Gasteiger partial charge in [0, 0.05) is 31.0 Å². The van der Waals surface area contributed by atoms with Gasteiger partial charge in [-0.15, -0.1) is 11.3 Å². The molecule has 0 fully saturated rings. The van der Waals surface area contributed by atoms with Crippen LogP contribution in [0, 0.1) is 0 Å². The molecule has 0 unspecified atom stereocenters. The molecule has 0 amide bonds. The molecule has 3 aromatic rings. The van der Waals surface area contributed by atoms with Crippen molar-refractivity contribution in [2.24, 2.45) is 0 Å². The van der Waals surface area contributed by atoms with Gasteiger partial charge in [0.25, 0.3) is 11.1 Å². The first-order chi connectivity index (χ1) is 9.65. The predicted octanol–water partition coefficient (Wildman–Crippen LogP) is 0.902. The summed E-state index contributed by atoms with van der Waals surface area (Å²) in [5, 5.41) is 1.84. The monoisotopic (exact) mass is 288 g/mol. The van der Waals surface area contributed by atoms with Crippen LogP contribution in [0.25, 0.3) is 10.2 Å². The number of aryl methyl sites for hydroxylation is 2. The topological polar surface area (TPSA) is 82.9 Å². The maximum Gasteiger partial charge on any atom is 0.271 e. The van der Waals surface area contributed by atoms with Gasteiger partial charge in [-0.1, -0.05) is 0 Å². The SMILES string of the molecule is Nc1ccc(=O)n(CCn2cnc3ccsc3c2=O)c1. The number of hydrogen-bond donors (Lipinski definition) is 1. The van der Waals surface area contributed by atoms with Crippen LogP contribution in [0.1, 0.15) is 0 Å². The Balaban J connectivity index is 1.90. The smallest absolute Gasteiger partial charge is 0.271 e. The van der Waals surface area contributed by atoms with Crippen LogP contribution in [0.5, 0.6) is 0 Å². The molecule has 3 rings (SSSR count). The molecule has 0 aliphatic rings. The fourth-order valence-corrected chi connectivity index (χ4v) is 2.77. The number of thiophene rings is 1. The fourth-order valence-electron chi connectivity index (χ4n) is 1.98. The Morgan fingerprint density at radius 2 is 1.95 bits per heavy atom. The first-order valence-corrected chi connectivity index (χ1v) is 6.92. The van der Waals surface area contributed by atoms with Crippen molar-refractivity contribution in [1.82, 2.24) is 14.1 Å². The predicted molar refractivity (Wildman–Crippen MR) is 79.0 cm³/mol. The Kier molecular flexibility index (Phi) is 3.11. The zero-order chi connectivity index (χ0) is 14.1. The van der Waals surface area contributed by atoms with Crippen LogP contribution in [0.3, 0.4) is 0 Å². The zero-order valence-electron chi connectivity index (χ0n) is 10.5. The van der Waals surface area contributed by atoms with Gasteiger partial charge in [0.1, 0.15) is 4.70 Å². The van der Waals surface area contributed by atoms with E-state index in [0.29, 0.717) is 29.0 Å². The van der Waals surface area contributed by atoms with Gasteiger partial charge in [-0.25, -0.2) is 4.98 Å². The Morgan fingerprint density at radius 1 is 1.15 bits per heavy atom. The van der Waals surface area contributed by atoms with E-state index in [9.17, 15) is 9.59 Å². The van der Waals surface area contributed by atoms with Crippen molar-refractivity contribution < 1.29 is 0 Å². The second-order valence-electron chi connectivity index (χ2n) is 4.37. The minimum absolute atomic E-state index is 0.0815. The van der Waals surface area contributed by atoms with E-state index in [1.165, 1.54) is 32.9 Å². The quantitative estimate of drug-likeness (QED) is 0.776. The fraction of sp³-hybridized carbons (Fsp3) is 0.154. The molecule has 7 heteroatoms. The van der Waals surface area contributed by atoms with E-state index in [-0.39, 0.29) is 11.1 Å². The van der Waals surface area contributed by atoms with Crippen LogP contribution in [-0.4, -0.2) is 14.1 Å². The molecule has 0 saturated carbocycles. The molecule has 102 valence electrons. The van der Waals surface area contributed by atoms with E-state index in [0.717, 1.165) is 0 Å². The van der Waals surface area contributed by atoms with Crippen molar-refractivity contribution >= 4 is 27.2 Å². The Labute approximate surface area is 117 Å². The third-order valence-electron chi connectivity index (χ3n) is 3.02. The van der Waals surface area contributed by atoms with E-state index in [2.05, 4.69) is 4.98 Å². The van der Waals surface area contributed by atoms with Crippen molar-refractivity contribution in [1.29, 1.82) is 0 Å². The Hall–Kier alpha value is -2.41. The number of hydrogen-bond acceptors (Lipinski definition) is 5. The van der Waals surface area contributed by atoms with Crippen molar-refractivity contribution in [3.05, 3.63) is 56.8 Å². The van der Waals surface area contributed by atoms with Gasteiger partial charge in [0.2, 0.25) is 0 Å². The zero-order valence-corrected chi connectivity index (χ0v) is 11.3. The summed E-state index contributed by atoms with van der Waals surface area (Å²) in [5.41, 5.74) is 6.65. The lowest BCUT2D eigenvalue weighted by molar-refractivity contribution is 0.551. The molecule has 0 radical (unpaired) electrons. The molecule has 0 atom stereocenters. The van der Waals surface area contributed by atoms with Crippen molar-refractivity contribution in [2.45, 2.75) is 13.1 Å². The van der Waals surface area contributed by atoms with Crippen LogP contribution in [0.2, 0.25) is 0 Å². The highest BCUT2D eigenvalue weighted by Crippen LogP contribution is 2.13. The number of nitrogens with two attached hydrogens (primary N) is 1. The molecule has 0 aliphatic heterocycles. The second kappa shape index (κ2) is 4.93. The molecule has 3 aromatic heterocycles. The number of nitrogen functional groups attached to an aromatic ring is 1. The lowest BCUT2D eigenvalue weighted by Crippen LogP contribution is -2.26. The number of aromatic nitrogens is 3. The Bertz CT molecular complexity index is 878. The molecule has 0 spiro atoms. The van der Waals surface area contributed by atoms with Gasteiger partial charge in [0.15, 0.2) is 0 Å². The molecule has 3 heterocycles. The summed E-state index contributed by atoms with van der Waals surface area (Å²) in [7, 11) is 0. The first-order valence-electron chi connectivity index (χ1n) is 6.04. The largest absolute Gasteiger partial charge is 0.398 e. The Morgan fingerprint density at radius 3 is 2.80 bits per heavy atom. The molecular formula is C13H12N4O2S. The lowest BCUT2D eigenvalue weighted by atomic mass is 10.4. The summed E-state index contributed by atoms with van der Waals surface area (Å²) in [6.07, 6.45) is 3.08. The van der Waals surface area contributed by atoms with E-state index in [1.807, 2.05) is 11.4 Å². The molecule has 6 nitrogen and oxygen atoms in total. The minimum Gasteiger partial charge on any atom is -0.398 e. The van der Waals surface area contributed by atoms with Crippen LogP contribution < -0.4 is 16.9 Å². The average molecular weight is 288 g/mol. The van der Waals surface area contributed by atoms with Gasteiger partial charge in [-0.3, -0.25) is 14.2 Å². The molecule has 0 aromatic carbocycles. The van der Waals surface area contributed by atoms with Gasteiger partial charge in [0.05, 0.1) is 11.8 Å². The van der Waals surface area contributed by atoms with Crippen LogP contribution in [0.15, 0.2) is 45.7 Å². The molecular weight excluding hydrogens is 276 g/mol. The number of rotatable bonds is 3. The number of fused-ring (bicyclic) bond motifs is 1. The molecule has 20 heavy (non-hydrogen) atoms. The van der Waals surface area contributed by atoms with E-state index in [4.69, 9.17) is 5.73 Å². The van der Waals surface area contributed by atoms with Crippen LogP contribution in [0.4, 0.5) is 5.69 Å². The summed E-state index contributed by atoms with van der Waals surface area (Å²) in [4.78, 5) is 28.1. The van der Waals surface area contributed by atoms with Crippen LogP contribution >= 0.6 is 11.3 Å². The number of anilines is 1. The van der Waals surface area contributed by atoms with Gasteiger partial charge in [-0.05, 0) is 17.5 Å². The average Bonchev–Trinajstić information content (AvgIpc) is 2.91. The van der Waals surface area contributed by atoms with E-state index < -0.39 is 0 Å². The summed E-state index contributed by atoms with van der Waals surface area (Å²) in [6.45, 7) is 0.755. The first kappa shape index (κ1) is 12.6. The maximum atomic E-state index is 12.2. The molecule has 0 aliphatic carbocycles. The number of nitrogens with zero attached hydrogens (tertiary/aromatic N) is 3. The normalized spacial score (nSPS) is 11.0. The summed E-state index contributed by atoms with van der Waals surface area (Å²) in [5.74, 6) is 0. The van der Waals surface area contributed by atoms with Gasteiger partial charge in [-0.2, -0.15) is 0 Å². The summed E-state index contributed by atoms with van der Waals surface area (Å²) in [6, 6.07) is 4.79. The van der Waals surface area contributed by atoms with Gasteiger partial charge >= 0.3 is 0 Å². The standard InChI is InChI=1S/C13H12N4O2S/c14-9-1-2-11(18)16(7-9)4-5-17-8-15-10-3-6-20-12(10)13(17)19/h1-3,6-8H,4-5,14H2. The van der Waals surface area contributed by atoms with E-state index >= 15 is 0 Å². The molecule has 0 bridgehead atoms. The summed E-state index contributed by atoms with van der Waals surface area (Å²) < 4.78 is 3.63. The maximum absolute atomic E-state index is 12.2. The summed E-state index contributed by atoms with van der Waals surface area (Å²) >= 11 is 1.37. The van der Waals surface area contributed by atoms with Crippen LogP contribution in [-0.2, 0) is 13.1 Å².